The molecule has 0 fully saturated rings. The van der Waals surface area contributed by atoms with E-state index in [2.05, 4.69) is 9.98 Å². The molecular weight excluding hydrogens is 329 g/mol. The quantitative estimate of drug-likeness (QED) is 0.765. The van der Waals surface area contributed by atoms with Gasteiger partial charge >= 0.3 is 6.18 Å². The van der Waals surface area contributed by atoms with Crippen molar-refractivity contribution < 1.29 is 22.0 Å². The fourth-order valence-corrected chi connectivity index (χ4v) is 2.19. The van der Waals surface area contributed by atoms with Crippen LogP contribution in [0.1, 0.15) is 11.3 Å². The SMILES string of the molecule is Fc1ccc(C2=CCN(c3cccc(C(F)(F)F)n3)C=N2)c(F)c1. The van der Waals surface area contributed by atoms with E-state index in [0.717, 1.165) is 18.2 Å². The van der Waals surface area contributed by atoms with Crippen molar-refractivity contribution in [3.8, 4) is 0 Å². The van der Waals surface area contributed by atoms with Gasteiger partial charge in [-0.3, -0.25) is 0 Å². The van der Waals surface area contributed by atoms with Crippen LogP contribution in [-0.4, -0.2) is 17.9 Å². The summed E-state index contributed by atoms with van der Waals surface area (Å²) in [5, 5.41) is 0. The Labute approximate surface area is 133 Å². The lowest BCUT2D eigenvalue weighted by atomic mass is 10.1. The van der Waals surface area contributed by atoms with Crippen LogP contribution in [-0.2, 0) is 6.18 Å². The van der Waals surface area contributed by atoms with Gasteiger partial charge in [0.25, 0.3) is 0 Å². The summed E-state index contributed by atoms with van der Waals surface area (Å²) < 4.78 is 64.7. The number of alkyl halides is 3. The molecule has 8 heteroatoms. The second-order valence-electron chi connectivity index (χ2n) is 4.99. The number of nitrogens with zero attached hydrogens (tertiary/aromatic N) is 3. The van der Waals surface area contributed by atoms with Gasteiger partial charge in [-0.05, 0) is 30.3 Å². The zero-order chi connectivity index (χ0) is 17.3. The van der Waals surface area contributed by atoms with Crippen molar-refractivity contribution in [3.05, 3.63) is 65.4 Å². The van der Waals surface area contributed by atoms with Gasteiger partial charge in [-0.25, -0.2) is 18.8 Å². The molecule has 3 nitrogen and oxygen atoms in total. The lowest BCUT2D eigenvalue weighted by molar-refractivity contribution is -0.141. The van der Waals surface area contributed by atoms with Crippen molar-refractivity contribution in [2.24, 2.45) is 4.99 Å². The highest BCUT2D eigenvalue weighted by Gasteiger charge is 2.32. The first kappa shape index (κ1) is 16.1. The van der Waals surface area contributed by atoms with E-state index in [4.69, 9.17) is 0 Å². The van der Waals surface area contributed by atoms with E-state index in [1.165, 1.54) is 35.5 Å². The summed E-state index contributed by atoms with van der Waals surface area (Å²) in [5.74, 6) is -1.39. The average molecular weight is 339 g/mol. The van der Waals surface area contributed by atoms with Gasteiger partial charge in [0, 0.05) is 18.2 Å². The topological polar surface area (TPSA) is 28.5 Å². The van der Waals surface area contributed by atoms with Crippen LogP contribution in [0, 0.1) is 11.6 Å². The molecule has 3 rings (SSSR count). The standard InChI is InChI=1S/C16H10F5N3/c17-10-4-5-11(12(18)8-10)13-6-7-24(9-22-13)15-3-1-2-14(23-15)16(19,20)21/h1-6,8-9H,7H2. The predicted molar refractivity (Wildman–Crippen MR) is 79.4 cm³/mol. The number of aromatic nitrogens is 1. The molecule has 1 aromatic heterocycles. The summed E-state index contributed by atoms with van der Waals surface area (Å²) in [7, 11) is 0. The largest absolute Gasteiger partial charge is 0.433 e. The Bertz CT molecular complexity index is 827. The summed E-state index contributed by atoms with van der Waals surface area (Å²) >= 11 is 0. The Balaban J connectivity index is 1.82. The maximum atomic E-state index is 13.7. The van der Waals surface area contributed by atoms with Crippen LogP contribution in [0.2, 0.25) is 0 Å². The van der Waals surface area contributed by atoms with Crippen molar-refractivity contribution in [3.63, 3.8) is 0 Å². The van der Waals surface area contributed by atoms with Crippen LogP contribution in [0.3, 0.4) is 0 Å². The van der Waals surface area contributed by atoms with Crippen LogP contribution in [0.25, 0.3) is 5.70 Å². The van der Waals surface area contributed by atoms with Gasteiger partial charge in [0.1, 0.15) is 23.1 Å². The van der Waals surface area contributed by atoms with E-state index in [9.17, 15) is 22.0 Å². The number of halogens is 5. The van der Waals surface area contributed by atoms with E-state index in [0.29, 0.717) is 0 Å². The van der Waals surface area contributed by atoms with E-state index in [1.807, 2.05) is 0 Å². The van der Waals surface area contributed by atoms with E-state index >= 15 is 0 Å². The molecule has 2 aromatic rings. The van der Waals surface area contributed by atoms with Crippen molar-refractivity contribution in [2.75, 3.05) is 11.4 Å². The first-order valence-electron chi connectivity index (χ1n) is 6.85. The molecule has 1 aliphatic rings. The number of pyridine rings is 1. The third-order valence-corrected chi connectivity index (χ3v) is 3.34. The number of hydrogen-bond donors (Lipinski definition) is 0. The van der Waals surface area contributed by atoms with Crippen molar-refractivity contribution in [2.45, 2.75) is 6.18 Å². The molecule has 0 atom stereocenters. The molecule has 0 N–H and O–H groups in total. The average Bonchev–Trinajstić information content (AvgIpc) is 2.54. The molecule has 0 amide bonds. The predicted octanol–water partition coefficient (Wildman–Crippen LogP) is 4.27. The minimum Gasteiger partial charge on any atom is -0.313 e. The van der Waals surface area contributed by atoms with Crippen molar-refractivity contribution in [1.82, 2.24) is 4.98 Å². The minimum atomic E-state index is -4.54. The van der Waals surface area contributed by atoms with Gasteiger partial charge < -0.3 is 4.90 Å². The molecule has 0 unspecified atom stereocenters. The molecule has 0 saturated carbocycles. The summed E-state index contributed by atoms with van der Waals surface area (Å²) in [6.45, 7) is 0.157. The fraction of sp³-hybridized carbons (Fsp3) is 0.125. The van der Waals surface area contributed by atoms with Crippen LogP contribution in [0.5, 0.6) is 0 Å². The highest BCUT2D eigenvalue weighted by molar-refractivity contribution is 5.86. The highest BCUT2D eigenvalue weighted by Crippen LogP contribution is 2.29. The number of benzene rings is 1. The zero-order valence-corrected chi connectivity index (χ0v) is 12.1. The zero-order valence-electron chi connectivity index (χ0n) is 12.1. The molecule has 2 heterocycles. The molecular formula is C16H10F5N3. The molecule has 0 aliphatic carbocycles. The van der Waals surface area contributed by atoms with Gasteiger partial charge in [0.15, 0.2) is 0 Å². The normalized spacial score (nSPS) is 14.7. The van der Waals surface area contributed by atoms with E-state index < -0.39 is 23.5 Å². The molecule has 1 aliphatic heterocycles. The minimum absolute atomic E-state index is 0.0726. The van der Waals surface area contributed by atoms with Crippen LogP contribution >= 0.6 is 0 Å². The summed E-state index contributed by atoms with van der Waals surface area (Å²) in [6, 6.07) is 6.64. The third kappa shape index (κ3) is 3.27. The Morgan fingerprint density at radius 1 is 1.04 bits per heavy atom. The highest BCUT2D eigenvalue weighted by atomic mass is 19.4. The molecule has 124 valence electrons. The Morgan fingerprint density at radius 2 is 1.83 bits per heavy atom. The summed E-state index contributed by atoms with van der Waals surface area (Å²) in [4.78, 5) is 8.96. The fourth-order valence-electron chi connectivity index (χ4n) is 2.19. The smallest absolute Gasteiger partial charge is 0.313 e. The maximum absolute atomic E-state index is 13.7. The lowest BCUT2D eigenvalue weighted by Crippen LogP contribution is -2.26. The molecule has 1 aromatic carbocycles. The first-order valence-corrected chi connectivity index (χ1v) is 6.85. The summed E-state index contributed by atoms with van der Waals surface area (Å²) in [5.41, 5.74) is -0.618. The molecule has 0 spiro atoms. The van der Waals surface area contributed by atoms with Gasteiger partial charge in [-0.15, -0.1) is 0 Å². The van der Waals surface area contributed by atoms with Gasteiger partial charge in [-0.2, -0.15) is 13.2 Å². The molecule has 0 saturated heterocycles. The van der Waals surface area contributed by atoms with Crippen molar-refractivity contribution in [1.29, 1.82) is 0 Å². The second kappa shape index (κ2) is 6.03. The second-order valence-corrected chi connectivity index (χ2v) is 4.99. The number of hydrogen-bond acceptors (Lipinski definition) is 3. The van der Waals surface area contributed by atoms with Crippen LogP contribution in [0.4, 0.5) is 27.8 Å². The first-order chi connectivity index (χ1) is 11.3. The lowest BCUT2D eigenvalue weighted by Gasteiger charge is -2.21. The maximum Gasteiger partial charge on any atom is 0.433 e. The monoisotopic (exact) mass is 339 g/mol. The third-order valence-electron chi connectivity index (χ3n) is 3.34. The Kier molecular flexibility index (Phi) is 4.04. The van der Waals surface area contributed by atoms with Gasteiger partial charge in [0.2, 0.25) is 0 Å². The molecule has 24 heavy (non-hydrogen) atoms. The number of anilines is 1. The molecule has 0 bridgehead atoms. The molecule has 0 radical (unpaired) electrons. The van der Waals surface area contributed by atoms with Gasteiger partial charge in [-0.1, -0.05) is 6.07 Å². The Hall–Kier alpha value is -2.77. The van der Waals surface area contributed by atoms with Crippen LogP contribution < -0.4 is 4.90 Å². The van der Waals surface area contributed by atoms with E-state index in [1.54, 1.807) is 0 Å². The van der Waals surface area contributed by atoms with Gasteiger partial charge in [0.05, 0.1) is 12.0 Å². The summed E-state index contributed by atoms with van der Waals surface area (Å²) in [6.07, 6.45) is -1.75. The van der Waals surface area contributed by atoms with Crippen molar-refractivity contribution >= 4 is 17.9 Å². The van der Waals surface area contributed by atoms with E-state index in [-0.39, 0.29) is 23.6 Å². The Morgan fingerprint density at radius 3 is 2.46 bits per heavy atom. The van der Waals surface area contributed by atoms with Crippen LogP contribution in [0.15, 0.2) is 47.5 Å². The number of aliphatic imine (C=N–C) groups is 1. The number of rotatable bonds is 2.